The summed E-state index contributed by atoms with van der Waals surface area (Å²) in [6.45, 7) is 0.963. The zero-order chi connectivity index (χ0) is 13.5. The summed E-state index contributed by atoms with van der Waals surface area (Å²) in [4.78, 5) is 13.7. The molecule has 0 aliphatic heterocycles. The zero-order valence-corrected chi connectivity index (χ0v) is 12.7. The minimum absolute atomic E-state index is 0.0304. The summed E-state index contributed by atoms with van der Waals surface area (Å²) in [5.74, 6) is 1.34. The smallest absolute Gasteiger partial charge is 0.234 e. The summed E-state index contributed by atoms with van der Waals surface area (Å²) in [5.41, 5.74) is 0.669. The van der Waals surface area contributed by atoms with Crippen molar-refractivity contribution >= 4 is 46.6 Å². The van der Waals surface area contributed by atoms with E-state index in [1.807, 2.05) is 14.1 Å². The van der Waals surface area contributed by atoms with Crippen LogP contribution in [0.3, 0.4) is 0 Å². The van der Waals surface area contributed by atoms with Crippen LogP contribution in [0.4, 0.5) is 5.69 Å². The van der Waals surface area contributed by atoms with Gasteiger partial charge in [-0.3, -0.25) is 4.79 Å². The molecule has 0 unspecified atom stereocenters. The number of thioether (sulfide) groups is 1. The first-order valence-corrected chi connectivity index (χ1v) is 7.37. The van der Waals surface area contributed by atoms with Crippen molar-refractivity contribution in [2.45, 2.75) is 0 Å². The molecule has 0 heterocycles. The number of carbonyl (C=O) groups is 1. The molecule has 6 heteroatoms. The predicted octanol–water partition coefficient (Wildman–Crippen LogP) is 3.23. The van der Waals surface area contributed by atoms with E-state index in [-0.39, 0.29) is 5.91 Å². The summed E-state index contributed by atoms with van der Waals surface area (Å²) in [7, 11) is 4.02. The van der Waals surface area contributed by atoms with Gasteiger partial charge in [-0.2, -0.15) is 11.8 Å². The second-order valence-corrected chi connectivity index (χ2v) is 5.95. The first-order chi connectivity index (χ1) is 8.49. The SMILES string of the molecule is CN(C)CCSCC(=O)Nc1ccc(Cl)c(Cl)c1. The molecule has 0 saturated carbocycles. The van der Waals surface area contributed by atoms with Gasteiger partial charge in [0.05, 0.1) is 15.8 Å². The Morgan fingerprint density at radius 2 is 2.06 bits per heavy atom. The molecule has 0 aliphatic carbocycles. The fourth-order valence-corrected chi connectivity index (χ4v) is 2.38. The van der Waals surface area contributed by atoms with E-state index in [9.17, 15) is 4.79 Å². The van der Waals surface area contributed by atoms with Crippen LogP contribution in [0, 0.1) is 0 Å². The van der Waals surface area contributed by atoms with Crippen LogP contribution in [0.25, 0.3) is 0 Å². The van der Waals surface area contributed by atoms with Gasteiger partial charge in [0.2, 0.25) is 5.91 Å². The molecule has 0 fully saturated rings. The van der Waals surface area contributed by atoms with Crippen molar-refractivity contribution in [3.8, 4) is 0 Å². The maximum atomic E-state index is 11.6. The van der Waals surface area contributed by atoms with Crippen LogP contribution in [0.2, 0.25) is 10.0 Å². The highest BCUT2D eigenvalue weighted by Crippen LogP contribution is 2.25. The highest BCUT2D eigenvalue weighted by atomic mass is 35.5. The molecule has 0 aliphatic rings. The van der Waals surface area contributed by atoms with E-state index in [4.69, 9.17) is 23.2 Å². The van der Waals surface area contributed by atoms with Crippen LogP contribution in [0.1, 0.15) is 0 Å². The number of amides is 1. The Morgan fingerprint density at radius 3 is 2.67 bits per heavy atom. The first kappa shape index (κ1) is 15.6. The lowest BCUT2D eigenvalue weighted by Gasteiger charge is -2.09. The summed E-state index contributed by atoms with van der Waals surface area (Å²) >= 11 is 13.3. The fourth-order valence-electron chi connectivity index (χ4n) is 1.18. The van der Waals surface area contributed by atoms with Crippen molar-refractivity contribution in [1.82, 2.24) is 4.90 Å². The third-order valence-electron chi connectivity index (χ3n) is 2.12. The molecule has 0 radical (unpaired) electrons. The molecule has 0 saturated heterocycles. The minimum atomic E-state index is -0.0304. The van der Waals surface area contributed by atoms with Gasteiger partial charge in [-0.25, -0.2) is 0 Å². The van der Waals surface area contributed by atoms with Crippen molar-refractivity contribution in [2.24, 2.45) is 0 Å². The van der Waals surface area contributed by atoms with Gasteiger partial charge in [-0.05, 0) is 32.3 Å². The molecular weight excluding hydrogens is 291 g/mol. The Labute approximate surface area is 122 Å². The van der Waals surface area contributed by atoms with E-state index in [2.05, 4.69) is 10.2 Å². The largest absolute Gasteiger partial charge is 0.325 e. The number of nitrogens with one attached hydrogen (secondary N) is 1. The van der Waals surface area contributed by atoms with E-state index in [1.54, 1.807) is 30.0 Å². The number of carbonyl (C=O) groups excluding carboxylic acids is 1. The van der Waals surface area contributed by atoms with Gasteiger partial charge in [0.15, 0.2) is 0 Å². The van der Waals surface area contributed by atoms with Crippen LogP contribution in [0.5, 0.6) is 0 Å². The molecule has 1 amide bonds. The lowest BCUT2D eigenvalue weighted by molar-refractivity contribution is -0.113. The monoisotopic (exact) mass is 306 g/mol. The second-order valence-electron chi connectivity index (χ2n) is 4.03. The fraction of sp³-hybridized carbons (Fsp3) is 0.417. The summed E-state index contributed by atoms with van der Waals surface area (Å²) in [6, 6.07) is 5.04. The zero-order valence-electron chi connectivity index (χ0n) is 10.4. The molecule has 18 heavy (non-hydrogen) atoms. The highest BCUT2D eigenvalue weighted by molar-refractivity contribution is 7.99. The third-order valence-corrected chi connectivity index (χ3v) is 3.80. The van der Waals surface area contributed by atoms with Gasteiger partial charge in [0, 0.05) is 18.0 Å². The average Bonchev–Trinajstić information content (AvgIpc) is 2.29. The Hall–Kier alpha value is -0.420. The van der Waals surface area contributed by atoms with Crippen molar-refractivity contribution in [3.63, 3.8) is 0 Å². The summed E-state index contributed by atoms with van der Waals surface area (Å²) < 4.78 is 0. The molecule has 0 aromatic heterocycles. The standard InChI is InChI=1S/C12H16Cl2N2OS/c1-16(2)5-6-18-8-12(17)15-9-3-4-10(13)11(14)7-9/h3-4,7H,5-6,8H2,1-2H3,(H,15,17). The van der Waals surface area contributed by atoms with Gasteiger partial charge in [-0.15, -0.1) is 0 Å². The topological polar surface area (TPSA) is 32.3 Å². The van der Waals surface area contributed by atoms with Crippen molar-refractivity contribution < 1.29 is 4.79 Å². The highest BCUT2D eigenvalue weighted by Gasteiger charge is 2.04. The maximum Gasteiger partial charge on any atom is 0.234 e. The van der Waals surface area contributed by atoms with Crippen molar-refractivity contribution in [3.05, 3.63) is 28.2 Å². The predicted molar refractivity (Wildman–Crippen MR) is 81.0 cm³/mol. The van der Waals surface area contributed by atoms with E-state index in [0.29, 0.717) is 21.5 Å². The third kappa shape index (κ3) is 5.96. The van der Waals surface area contributed by atoms with E-state index < -0.39 is 0 Å². The Morgan fingerprint density at radius 1 is 1.33 bits per heavy atom. The van der Waals surface area contributed by atoms with Crippen LogP contribution in [0.15, 0.2) is 18.2 Å². The van der Waals surface area contributed by atoms with E-state index in [0.717, 1.165) is 12.3 Å². The molecule has 1 aromatic rings. The van der Waals surface area contributed by atoms with Gasteiger partial charge in [-0.1, -0.05) is 23.2 Å². The number of hydrogen-bond acceptors (Lipinski definition) is 3. The maximum absolute atomic E-state index is 11.6. The lowest BCUT2D eigenvalue weighted by atomic mass is 10.3. The second kappa shape index (κ2) is 7.89. The summed E-state index contributed by atoms with van der Waals surface area (Å²) in [5, 5.41) is 3.70. The lowest BCUT2D eigenvalue weighted by Crippen LogP contribution is -2.18. The Balaban J connectivity index is 2.33. The van der Waals surface area contributed by atoms with Crippen molar-refractivity contribution in [2.75, 3.05) is 37.5 Å². The normalized spacial score (nSPS) is 10.7. The number of halogens is 2. The van der Waals surface area contributed by atoms with Crippen LogP contribution < -0.4 is 5.32 Å². The Kier molecular flexibility index (Phi) is 6.86. The van der Waals surface area contributed by atoms with Gasteiger partial charge < -0.3 is 10.2 Å². The minimum Gasteiger partial charge on any atom is -0.325 e. The number of nitrogens with zero attached hydrogens (tertiary/aromatic N) is 1. The Bertz CT molecular complexity index is 413. The molecule has 0 bridgehead atoms. The number of benzene rings is 1. The van der Waals surface area contributed by atoms with Gasteiger partial charge in [0.25, 0.3) is 0 Å². The first-order valence-electron chi connectivity index (χ1n) is 5.46. The molecule has 0 atom stereocenters. The van der Waals surface area contributed by atoms with E-state index >= 15 is 0 Å². The molecule has 1 N–H and O–H groups in total. The van der Waals surface area contributed by atoms with Gasteiger partial charge in [0.1, 0.15) is 0 Å². The average molecular weight is 307 g/mol. The van der Waals surface area contributed by atoms with E-state index in [1.165, 1.54) is 0 Å². The molecule has 1 rings (SSSR count). The molecule has 3 nitrogen and oxygen atoms in total. The quantitative estimate of drug-likeness (QED) is 0.819. The van der Waals surface area contributed by atoms with Crippen LogP contribution in [-0.4, -0.2) is 43.0 Å². The summed E-state index contributed by atoms with van der Waals surface area (Å²) in [6.07, 6.45) is 0. The van der Waals surface area contributed by atoms with Crippen molar-refractivity contribution in [1.29, 1.82) is 0 Å². The number of anilines is 1. The van der Waals surface area contributed by atoms with Crippen LogP contribution >= 0.6 is 35.0 Å². The number of hydrogen-bond donors (Lipinski definition) is 1. The molecule has 100 valence electrons. The molecule has 0 spiro atoms. The van der Waals surface area contributed by atoms with Crippen LogP contribution in [-0.2, 0) is 4.79 Å². The number of rotatable bonds is 6. The van der Waals surface area contributed by atoms with Gasteiger partial charge >= 0.3 is 0 Å². The molecule has 1 aromatic carbocycles. The molecular formula is C12H16Cl2N2OS.